The van der Waals surface area contributed by atoms with Gasteiger partial charge >= 0.3 is 0 Å². The van der Waals surface area contributed by atoms with Crippen molar-refractivity contribution in [3.05, 3.63) is 0 Å². The quantitative estimate of drug-likeness (QED) is 0.734. The Morgan fingerprint density at radius 1 is 0.952 bits per heavy atom. The van der Waals surface area contributed by atoms with Gasteiger partial charge in [0.1, 0.15) is 0 Å². The molecule has 0 amide bonds. The molecule has 0 aliphatic carbocycles. The van der Waals surface area contributed by atoms with Crippen LogP contribution in [0.25, 0.3) is 0 Å². The maximum absolute atomic E-state index is 3.51. The minimum atomic E-state index is 0.570. The molecule has 0 saturated carbocycles. The normalized spacial score (nSPS) is 24.5. The van der Waals surface area contributed by atoms with Gasteiger partial charge in [0.2, 0.25) is 0 Å². The maximum Gasteiger partial charge on any atom is 0.0227 e. The number of nitrogens with zero attached hydrogens (tertiary/aromatic N) is 3. The molecule has 2 saturated heterocycles. The molecule has 2 aliphatic rings. The van der Waals surface area contributed by atoms with Gasteiger partial charge in [-0.3, -0.25) is 4.90 Å². The van der Waals surface area contributed by atoms with Crippen molar-refractivity contribution in [3.8, 4) is 11.8 Å². The summed E-state index contributed by atoms with van der Waals surface area (Å²) in [5, 5.41) is 0. The average Bonchev–Trinajstić information content (AvgIpc) is 2.53. The molecule has 1 unspecified atom stereocenters. The first-order valence-corrected chi connectivity index (χ1v) is 8.81. The van der Waals surface area contributed by atoms with Crippen molar-refractivity contribution in [1.82, 2.24) is 14.7 Å². The zero-order chi connectivity index (χ0) is 15.1. The van der Waals surface area contributed by atoms with E-state index < -0.39 is 0 Å². The monoisotopic (exact) mass is 291 g/mol. The van der Waals surface area contributed by atoms with E-state index in [1.165, 1.54) is 71.6 Å². The lowest BCUT2D eigenvalue weighted by molar-refractivity contribution is 0.124. The number of piperazine rings is 1. The van der Waals surface area contributed by atoms with Crippen molar-refractivity contribution >= 4 is 0 Å². The van der Waals surface area contributed by atoms with E-state index in [0.29, 0.717) is 11.8 Å². The molecule has 3 nitrogen and oxygen atoms in total. The van der Waals surface area contributed by atoms with E-state index in [1.807, 2.05) is 0 Å². The maximum atomic E-state index is 3.51. The Bertz CT molecular complexity index is 341. The zero-order valence-electron chi connectivity index (χ0n) is 14.3. The third kappa shape index (κ3) is 5.98. The van der Waals surface area contributed by atoms with Crippen LogP contribution in [0.15, 0.2) is 0 Å². The first-order chi connectivity index (χ1) is 10.2. The summed E-state index contributed by atoms with van der Waals surface area (Å²) in [4.78, 5) is 7.69. The van der Waals surface area contributed by atoms with Crippen LogP contribution in [0.5, 0.6) is 0 Å². The summed E-state index contributed by atoms with van der Waals surface area (Å²) in [7, 11) is 2.22. The lowest BCUT2D eigenvalue weighted by atomic mass is 9.96. The first-order valence-electron chi connectivity index (χ1n) is 8.81. The zero-order valence-corrected chi connectivity index (χ0v) is 14.3. The summed E-state index contributed by atoms with van der Waals surface area (Å²) in [5.41, 5.74) is 0. The van der Waals surface area contributed by atoms with E-state index in [4.69, 9.17) is 0 Å². The van der Waals surface area contributed by atoms with Crippen molar-refractivity contribution in [2.75, 3.05) is 59.4 Å². The number of rotatable bonds is 4. The number of piperidine rings is 1. The van der Waals surface area contributed by atoms with Crippen LogP contribution in [-0.4, -0.2) is 74.1 Å². The molecule has 0 radical (unpaired) electrons. The Kier molecular flexibility index (Phi) is 7.03. The first kappa shape index (κ1) is 16.8. The molecule has 2 aliphatic heterocycles. The third-order valence-electron chi connectivity index (χ3n) is 5.06. The fourth-order valence-electron chi connectivity index (χ4n) is 3.02. The molecule has 0 aromatic heterocycles. The van der Waals surface area contributed by atoms with Crippen molar-refractivity contribution in [2.45, 2.75) is 33.1 Å². The summed E-state index contributed by atoms with van der Waals surface area (Å²) in [6.07, 6.45) is 3.72. The number of hydrogen-bond acceptors (Lipinski definition) is 3. The molecule has 1 atom stereocenters. The second kappa shape index (κ2) is 8.78. The van der Waals surface area contributed by atoms with Gasteiger partial charge in [0.15, 0.2) is 0 Å². The van der Waals surface area contributed by atoms with Crippen LogP contribution in [0.4, 0.5) is 0 Å². The molecule has 2 heterocycles. The van der Waals surface area contributed by atoms with Gasteiger partial charge in [-0.05, 0) is 39.4 Å². The highest BCUT2D eigenvalue weighted by Gasteiger charge is 2.19. The van der Waals surface area contributed by atoms with Crippen LogP contribution in [-0.2, 0) is 0 Å². The molecular weight excluding hydrogens is 258 g/mol. The van der Waals surface area contributed by atoms with Gasteiger partial charge in [0.25, 0.3) is 0 Å². The van der Waals surface area contributed by atoms with E-state index in [9.17, 15) is 0 Å². The summed E-state index contributed by atoms with van der Waals surface area (Å²) in [6.45, 7) is 14.4. The lowest BCUT2D eigenvalue weighted by Crippen LogP contribution is -2.47. The van der Waals surface area contributed by atoms with Gasteiger partial charge in [0, 0.05) is 51.1 Å². The van der Waals surface area contributed by atoms with E-state index in [2.05, 4.69) is 47.4 Å². The minimum Gasteiger partial charge on any atom is -0.304 e. The Labute approximate surface area is 131 Å². The van der Waals surface area contributed by atoms with Crippen molar-refractivity contribution in [1.29, 1.82) is 0 Å². The van der Waals surface area contributed by atoms with Gasteiger partial charge < -0.3 is 9.80 Å². The van der Waals surface area contributed by atoms with E-state index >= 15 is 0 Å². The molecule has 21 heavy (non-hydrogen) atoms. The fourth-order valence-corrected chi connectivity index (χ4v) is 3.02. The Morgan fingerprint density at radius 3 is 2.10 bits per heavy atom. The van der Waals surface area contributed by atoms with Gasteiger partial charge in [-0.25, -0.2) is 0 Å². The second-order valence-corrected chi connectivity index (χ2v) is 6.86. The third-order valence-corrected chi connectivity index (χ3v) is 5.06. The molecule has 0 N–H and O–H groups in total. The minimum absolute atomic E-state index is 0.570. The predicted octanol–water partition coefficient (Wildman–Crippen LogP) is 2.00. The van der Waals surface area contributed by atoms with Crippen molar-refractivity contribution in [2.24, 2.45) is 11.8 Å². The molecular formula is C18H33N3. The Hall–Kier alpha value is -0.560. The molecule has 0 spiro atoms. The van der Waals surface area contributed by atoms with Gasteiger partial charge in [-0.2, -0.15) is 0 Å². The molecule has 2 rings (SSSR count). The number of likely N-dealkylation sites (tertiary alicyclic amines) is 1. The number of likely N-dealkylation sites (N-methyl/N-ethyl adjacent to an activating group) is 1. The topological polar surface area (TPSA) is 9.72 Å². The summed E-state index contributed by atoms with van der Waals surface area (Å²) in [5.74, 6) is 8.16. The smallest absolute Gasteiger partial charge is 0.0227 e. The molecule has 0 aromatic rings. The van der Waals surface area contributed by atoms with Crippen molar-refractivity contribution < 1.29 is 0 Å². The SMILES string of the molecule is CCC(C)C#CC1CCN(CCN2CCN(C)CC2)CC1. The van der Waals surface area contributed by atoms with E-state index in [-0.39, 0.29) is 0 Å². The molecule has 0 bridgehead atoms. The van der Waals surface area contributed by atoms with Crippen LogP contribution < -0.4 is 0 Å². The van der Waals surface area contributed by atoms with E-state index in [0.717, 1.165) is 0 Å². The Balaban J connectivity index is 1.61. The summed E-state index contributed by atoms with van der Waals surface area (Å²) >= 11 is 0. The van der Waals surface area contributed by atoms with Crippen LogP contribution in [0.2, 0.25) is 0 Å². The standard InChI is InChI=1S/C18H33N3/c1-4-17(2)5-6-18-7-9-20(10-8-18)15-16-21-13-11-19(3)12-14-21/h17-18H,4,7-16H2,1-3H3. The van der Waals surface area contributed by atoms with Gasteiger partial charge in [-0.15, -0.1) is 0 Å². The average molecular weight is 291 g/mol. The predicted molar refractivity (Wildman–Crippen MR) is 90.3 cm³/mol. The van der Waals surface area contributed by atoms with Gasteiger partial charge in [-0.1, -0.05) is 25.7 Å². The van der Waals surface area contributed by atoms with Crippen LogP contribution in [0.1, 0.15) is 33.1 Å². The molecule has 0 aromatic carbocycles. The fraction of sp³-hybridized carbons (Fsp3) is 0.889. The van der Waals surface area contributed by atoms with Crippen LogP contribution >= 0.6 is 0 Å². The summed E-state index contributed by atoms with van der Waals surface area (Å²) in [6, 6.07) is 0. The van der Waals surface area contributed by atoms with Crippen LogP contribution in [0.3, 0.4) is 0 Å². The van der Waals surface area contributed by atoms with Gasteiger partial charge in [0.05, 0.1) is 0 Å². The molecule has 120 valence electrons. The van der Waals surface area contributed by atoms with Crippen LogP contribution in [0, 0.1) is 23.7 Å². The number of hydrogen-bond donors (Lipinski definition) is 0. The van der Waals surface area contributed by atoms with E-state index in [1.54, 1.807) is 0 Å². The largest absolute Gasteiger partial charge is 0.304 e. The Morgan fingerprint density at radius 2 is 1.52 bits per heavy atom. The highest BCUT2D eigenvalue weighted by molar-refractivity contribution is 5.07. The highest BCUT2D eigenvalue weighted by atomic mass is 15.3. The summed E-state index contributed by atoms with van der Waals surface area (Å²) < 4.78 is 0. The molecule has 2 fully saturated rings. The molecule has 3 heteroatoms. The van der Waals surface area contributed by atoms with Crippen molar-refractivity contribution in [3.63, 3.8) is 0 Å². The highest BCUT2D eigenvalue weighted by Crippen LogP contribution is 2.16. The lowest BCUT2D eigenvalue weighted by Gasteiger charge is -2.35. The second-order valence-electron chi connectivity index (χ2n) is 6.86.